The van der Waals surface area contributed by atoms with E-state index in [1.165, 1.54) is 13.2 Å². The highest BCUT2D eigenvalue weighted by Gasteiger charge is 2.15. The Hall–Kier alpha value is -0.900. The normalized spacial score (nSPS) is 12.3. The zero-order chi connectivity index (χ0) is 11.4. The van der Waals surface area contributed by atoms with E-state index in [-0.39, 0.29) is 17.7 Å². The number of rotatable bonds is 3. The van der Waals surface area contributed by atoms with Crippen LogP contribution in [0.25, 0.3) is 0 Å². The average Bonchev–Trinajstić information content (AvgIpc) is 2.20. The first kappa shape index (κ1) is 12.2. The van der Waals surface area contributed by atoms with Crippen LogP contribution in [0, 0.1) is 11.7 Å². The molecule has 0 amide bonds. The van der Waals surface area contributed by atoms with Gasteiger partial charge in [-0.05, 0) is 24.1 Å². The molecular formula is C11H12BrFO2. The molecule has 1 aromatic carbocycles. The van der Waals surface area contributed by atoms with Crippen molar-refractivity contribution in [3.05, 3.63) is 34.1 Å². The van der Waals surface area contributed by atoms with E-state index in [2.05, 4.69) is 20.7 Å². The molecule has 2 nitrogen and oxygen atoms in total. The first-order chi connectivity index (χ1) is 7.04. The Labute approximate surface area is 96.6 Å². The van der Waals surface area contributed by atoms with Crippen LogP contribution in [-0.2, 0) is 16.0 Å². The molecule has 0 saturated heterocycles. The summed E-state index contributed by atoms with van der Waals surface area (Å²) in [5.41, 5.74) is 0.524. The van der Waals surface area contributed by atoms with Gasteiger partial charge < -0.3 is 4.74 Å². The second kappa shape index (κ2) is 5.26. The van der Waals surface area contributed by atoms with Crippen LogP contribution < -0.4 is 0 Å². The molecule has 0 aromatic heterocycles. The number of carbonyl (C=O) groups excluding carboxylic acids is 1. The molecule has 82 valence electrons. The fraction of sp³-hybridized carbons (Fsp3) is 0.364. The Morgan fingerprint density at radius 2 is 2.27 bits per heavy atom. The van der Waals surface area contributed by atoms with Crippen LogP contribution in [-0.4, -0.2) is 13.1 Å². The first-order valence-corrected chi connectivity index (χ1v) is 5.35. The van der Waals surface area contributed by atoms with Gasteiger partial charge in [0, 0.05) is 4.47 Å². The summed E-state index contributed by atoms with van der Waals surface area (Å²) in [6.45, 7) is 1.72. The predicted molar refractivity (Wildman–Crippen MR) is 59.0 cm³/mol. The Bertz CT molecular complexity index is 366. The number of esters is 1. The minimum Gasteiger partial charge on any atom is -0.469 e. The van der Waals surface area contributed by atoms with Gasteiger partial charge in [-0.3, -0.25) is 4.79 Å². The summed E-state index contributed by atoms with van der Waals surface area (Å²) in [6.07, 6.45) is 0.353. The van der Waals surface area contributed by atoms with Gasteiger partial charge in [-0.2, -0.15) is 0 Å². The maximum atomic E-state index is 13.4. The zero-order valence-electron chi connectivity index (χ0n) is 8.59. The molecule has 0 N–H and O–H groups in total. The third kappa shape index (κ3) is 3.30. The number of hydrogen-bond donors (Lipinski definition) is 0. The number of benzene rings is 1. The van der Waals surface area contributed by atoms with Crippen LogP contribution in [0.15, 0.2) is 22.7 Å². The van der Waals surface area contributed by atoms with Gasteiger partial charge in [0.2, 0.25) is 0 Å². The van der Waals surface area contributed by atoms with Crippen molar-refractivity contribution in [2.24, 2.45) is 5.92 Å². The van der Waals surface area contributed by atoms with E-state index in [1.54, 1.807) is 19.1 Å². The number of hydrogen-bond acceptors (Lipinski definition) is 2. The monoisotopic (exact) mass is 274 g/mol. The lowest BCUT2D eigenvalue weighted by atomic mass is 10.0. The van der Waals surface area contributed by atoms with Crippen molar-refractivity contribution in [3.63, 3.8) is 0 Å². The standard InChI is InChI=1S/C11H12BrFO2/c1-7(11(14)15-2)5-8-3-4-9(12)6-10(8)13/h3-4,6-7H,5H2,1-2H3/t7-/m0/s1. The lowest BCUT2D eigenvalue weighted by Crippen LogP contribution is -2.15. The molecule has 0 fully saturated rings. The van der Waals surface area contributed by atoms with Crippen molar-refractivity contribution in [2.45, 2.75) is 13.3 Å². The van der Waals surface area contributed by atoms with Gasteiger partial charge in [-0.1, -0.05) is 28.9 Å². The van der Waals surface area contributed by atoms with Gasteiger partial charge in [-0.15, -0.1) is 0 Å². The molecule has 0 aliphatic rings. The molecule has 1 atom stereocenters. The van der Waals surface area contributed by atoms with Crippen molar-refractivity contribution in [3.8, 4) is 0 Å². The highest BCUT2D eigenvalue weighted by molar-refractivity contribution is 9.10. The van der Waals surface area contributed by atoms with Crippen molar-refractivity contribution < 1.29 is 13.9 Å². The van der Waals surface area contributed by atoms with E-state index in [4.69, 9.17) is 0 Å². The number of ether oxygens (including phenoxy) is 1. The Kier molecular flexibility index (Phi) is 4.27. The minimum absolute atomic E-state index is 0.305. The van der Waals surface area contributed by atoms with Crippen molar-refractivity contribution >= 4 is 21.9 Å². The van der Waals surface area contributed by atoms with E-state index in [0.29, 0.717) is 16.5 Å². The summed E-state index contributed by atoms with van der Waals surface area (Å²) in [5, 5.41) is 0. The van der Waals surface area contributed by atoms with Gasteiger partial charge >= 0.3 is 5.97 Å². The summed E-state index contributed by atoms with van der Waals surface area (Å²) in [4.78, 5) is 11.1. The van der Waals surface area contributed by atoms with Crippen LogP contribution in [0.4, 0.5) is 4.39 Å². The second-order valence-electron chi connectivity index (χ2n) is 3.36. The molecule has 0 unspecified atom stereocenters. The van der Waals surface area contributed by atoms with E-state index < -0.39 is 0 Å². The summed E-state index contributed by atoms with van der Waals surface area (Å²) < 4.78 is 18.7. The molecule has 0 aliphatic heterocycles. The van der Waals surface area contributed by atoms with Crippen LogP contribution in [0.3, 0.4) is 0 Å². The fourth-order valence-electron chi connectivity index (χ4n) is 1.30. The van der Waals surface area contributed by atoms with Crippen LogP contribution >= 0.6 is 15.9 Å². The number of carbonyl (C=O) groups is 1. The van der Waals surface area contributed by atoms with Gasteiger partial charge in [-0.25, -0.2) is 4.39 Å². The molecule has 1 aromatic rings. The lowest BCUT2D eigenvalue weighted by molar-refractivity contribution is -0.144. The molecule has 0 bridgehead atoms. The molecule has 0 heterocycles. The summed E-state index contributed by atoms with van der Waals surface area (Å²) in [5.74, 6) is -0.955. The van der Waals surface area contributed by atoms with Crippen molar-refractivity contribution in [2.75, 3.05) is 7.11 Å². The van der Waals surface area contributed by atoms with E-state index in [0.717, 1.165) is 0 Å². The predicted octanol–water partition coefficient (Wildman–Crippen LogP) is 2.94. The van der Waals surface area contributed by atoms with Crippen molar-refractivity contribution in [1.82, 2.24) is 0 Å². The average molecular weight is 275 g/mol. The third-order valence-corrected chi connectivity index (χ3v) is 2.64. The van der Waals surface area contributed by atoms with Crippen molar-refractivity contribution in [1.29, 1.82) is 0 Å². The van der Waals surface area contributed by atoms with Gasteiger partial charge in [0.25, 0.3) is 0 Å². The zero-order valence-corrected chi connectivity index (χ0v) is 10.2. The van der Waals surface area contributed by atoms with Crippen LogP contribution in [0.1, 0.15) is 12.5 Å². The molecule has 4 heteroatoms. The number of halogens is 2. The van der Waals surface area contributed by atoms with Gasteiger partial charge in [0.15, 0.2) is 0 Å². The molecule has 0 spiro atoms. The third-order valence-electron chi connectivity index (χ3n) is 2.14. The van der Waals surface area contributed by atoms with Crippen LogP contribution in [0.5, 0.6) is 0 Å². The quantitative estimate of drug-likeness (QED) is 0.793. The second-order valence-corrected chi connectivity index (χ2v) is 4.28. The van der Waals surface area contributed by atoms with Gasteiger partial charge in [0.1, 0.15) is 5.82 Å². The topological polar surface area (TPSA) is 26.3 Å². The molecule has 0 aliphatic carbocycles. The molecule has 0 radical (unpaired) electrons. The molecule has 1 rings (SSSR count). The maximum absolute atomic E-state index is 13.4. The molecule has 15 heavy (non-hydrogen) atoms. The highest BCUT2D eigenvalue weighted by atomic mass is 79.9. The van der Waals surface area contributed by atoms with E-state index in [9.17, 15) is 9.18 Å². The first-order valence-electron chi connectivity index (χ1n) is 4.56. The molecular weight excluding hydrogens is 263 g/mol. The Morgan fingerprint density at radius 1 is 1.60 bits per heavy atom. The largest absolute Gasteiger partial charge is 0.469 e. The summed E-state index contributed by atoms with van der Waals surface area (Å²) >= 11 is 3.17. The Balaban J connectivity index is 2.76. The summed E-state index contributed by atoms with van der Waals surface area (Å²) in [7, 11) is 1.33. The van der Waals surface area contributed by atoms with E-state index in [1.807, 2.05) is 0 Å². The smallest absolute Gasteiger partial charge is 0.308 e. The molecule has 0 saturated carbocycles. The number of methoxy groups -OCH3 is 1. The maximum Gasteiger partial charge on any atom is 0.308 e. The lowest BCUT2D eigenvalue weighted by Gasteiger charge is -2.09. The van der Waals surface area contributed by atoms with Crippen LogP contribution in [0.2, 0.25) is 0 Å². The van der Waals surface area contributed by atoms with E-state index >= 15 is 0 Å². The fourth-order valence-corrected chi connectivity index (χ4v) is 1.63. The summed E-state index contributed by atoms with van der Waals surface area (Å²) in [6, 6.07) is 4.81. The van der Waals surface area contributed by atoms with Gasteiger partial charge in [0.05, 0.1) is 13.0 Å². The SMILES string of the molecule is COC(=O)[C@@H](C)Cc1ccc(Br)cc1F. The Morgan fingerprint density at radius 3 is 2.80 bits per heavy atom. The highest BCUT2D eigenvalue weighted by Crippen LogP contribution is 2.18. The minimum atomic E-state index is -0.328.